The molecule has 5 nitrogen and oxygen atoms in total. The van der Waals surface area contributed by atoms with E-state index in [0.717, 1.165) is 70.6 Å². The summed E-state index contributed by atoms with van der Waals surface area (Å²) in [5.74, 6) is -0.596. The lowest BCUT2D eigenvalue weighted by atomic mass is 10.0. The zero-order valence-electron chi connectivity index (χ0n) is 32.2. The SMILES string of the molecule is CC/C=C\C/C=C\C/C=C\C/C=C\CCCCCCCCCCC(=O)OC(CO)COC(=O)CCCCCCCCCCCCCCCC. The van der Waals surface area contributed by atoms with Gasteiger partial charge in [-0.25, -0.2) is 0 Å². The van der Waals surface area contributed by atoms with Crippen molar-refractivity contribution >= 4 is 11.9 Å². The number of allylic oxidation sites excluding steroid dienone is 8. The molecular formula is C44H78O5. The highest BCUT2D eigenvalue weighted by molar-refractivity contribution is 5.70. The van der Waals surface area contributed by atoms with E-state index in [9.17, 15) is 14.7 Å². The number of aliphatic hydroxyl groups excluding tert-OH is 1. The number of unbranched alkanes of at least 4 members (excludes halogenated alkanes) is 21. The van der Waals surface area contributed by atoms with Gasteiger partial charge in [-0.3, -0.25) is 9.59 Å². The molecule has 0 rings (SSSR count). The number of hydrogen-bond donors (Lipinski definition) is 1. The van der Waals surface area contributed by atoms with Gasteiger partial charge < -0.3 is 14.6 Å². The fraction of sp³-hybridized carbons (Fsp3) is 0.773. The summed E-state index contributed by atoms with van der Waals surface area (Å²) >= 11 is 0. The average Bonchev–Trinajstić information content (AvgIpc) is 3.10. The second-order valence-corrected chi connectivity index (χ2v) is 13.7. The molecule has 0 amide bonds. The Morgan fingerprint density at radius 2 is 0.878 bits per heavy atom. The van der Waals surface area contributed by atoms with E-state index < -0.39 is 6.10 Å². The molecule has 0 aromatic heterocycles. The number of hydrogen-bond acceptors (Lipinski definition) is 5. The molecule has 0 saturated heterocycles. The lowest BCUT2D eigenvalue weighted by Crippen LogP contribution is -2.28. The predicted molar refractivity (Wildman–Crippen MR) is 210 cm³/mol. The Bertz CT molecular complexity index is 827. The predicted octanol–water partition coefficient (Wildman–Crippen LogP) is 13.0. The van der Waals surface area contributed by atoms with Gasteiger partial charge in [-0.1, -0.05) is 184 Å². The Balaban J connectivity index is 3.56. The highest BCUT2D eigenvalue weighted by Gasteiger charge is 2.16. The molecule has 0 bridgehead atoms. The number of rotatable bonds is 37. The van der Waals surface area contributed by atoms with Crippen molar-refractivity contribution in [2.24, 2.45) is 0 Å². The van der Waals surface area contributed by atoms with Gasteiger partial charge in [0.05, 0.1) is 6.61 Å². The van der Waals surface area contributed by atoms with Gasteiger partial charge in [0.25, 0.3) is 0 Å². The second kappa shape index (κ2) is 40.3. The third kappa shape index (κ3) is 38.5. The molecule has 0 saturated carbocycles. The lowest BCUT2D eigenvalue weighted by molar-refractivity contribution is -0.161. The fourth-order valence-corrected chi connectivity index (χ4v) is 5.78. The first-order valence-corrected chi connectivity index (χ1v) is 20.7. The minimum Gasteiger partial charge on any atom is -0.462 e. The molecule has 1 N–H and O–H groups in total. The molecule has 0 aliphatic heterocycles. The molecule has 1 unspecified atom stereocenters. The molecule has 49 heavy (non-hydrogen) atoms. The summed E-state index contributed by atoms with van der Waals surface area (Å²) in [4.78, 5) is 24.3. The van der Waals surface area contributed by atoms with Crippen molar-refractivity contribution in [2.45, 2.75) is 206 Å². The molecule has 0 radical (unpaired) electrons. The monoisotopic (exact) mass is 687 g/mol. The van der Waals surface area contributed by atoms with Crippen LogP contribution in [0.2, 0.25) is 0 Å². The van der Waals surface area contributed by atoms with E-state index in [1.54, 1.807) is 0 Å². The Labute approximate surface area is 303 Å². The van der Waals surface area contributed by atoms with Crippen LogP contribution in [0.3, 0.4) is 0 Å². The van der Waals surface area contributed by atoms with Gasteiger partial charge in [0.15, 0.2) is 6.10 Å². The first-order valence-electron chi connectivity index (χ1n) is 20.7. The lowest BCUT2D eigenvalue weighted by Gasteiger charge is -2.15. The molecule has 5 heteroatoms. The minimum absolute atomic E-state index is 0.0675. The standard InChI is InChI=1S/C44H78O5/c1-3-5-7-9-11-13-15-17-19-20-21-22-23-24-25-27-29-31-33-35-37-39-44(47)49-42(40-45)41-48-43(46)38-36-34-32-30-28-26-18-16-14-12-10-8-6-4-2/h5,7,11,13,17,19,21-22,42,45H,3-4,6,8-10,12,14-16,18,20,23-41H2,1-2H3/b7-5-,13-11-,19-17-,22-21-. The molecule has 1 atom stereocenters. The van der Waals surface area contributed by atoms with Gasteiger partial charge >= 0.3 is 11.9 Å². The van der Waals surface area contributed by atoms with Crippen LogP contribution in [0.25, 0.3) is 0 Å². The number of ether oxygens (including phenoxy) is 2. The van der Waals surface area contributed by atoms with E-state index in [4.69, 9.17) is 9.47 Å². The summed E-state index contributed by atoms with van der Waals surface area (Å²) in [7, 11) is 0. The third-order valence-corrected chi connectivity index (χ3v) is 8.89. The van der Waals surface area contributed by atoms with Gasteiger partial charge in [0, 0.05) is 12.8 Å². The molecule has 0 aliphatic rings. The van der Waals surface area contributed by atoms with Crippen molar-refractivity contribution < 1.29 is 24.2 Å². The fourth-order valence-electron chi connectivity index (χ4n) is 5.78. The summed E-state index contributed by atoms with van der Waals surface area (Å²) in [6.07, 6.45) is 50.3. The molecule has 284 valence electrons. The van der Waals surface area contributed by atoms with Crippen molar-refractivity contribution in [1.29, 1.82) is 0 Å². The van der Waals surface area contributed by atoms with Gasteiger partial charge in [-0.05, 0) is 51.4 Å². The molecule has 0 aromatic rings. The maximum atomic E-state index is 12.2. The highest BCUT2D eigenvalue weighted by atomic mass is 16.6. The third-order valence-electron chi connectivity index (χ3n) is 8.89. The zero-order chi connectivity index (χ0) is 35.7. The Morgan fingerprint density at radius 1 is 0.490 bits per heavy atom. The molecule has 0 spiro atoms. The zero-order valence-corrected chi connectivity index (χ0v) is 32.2. The molecular weight excluding hydrogens is 608 g/mol. The van der Waals surface area contributed by atoms with Crippen molar-refractivity contribution in [3.05, 3.63) is 48.6 Å². The van der Waals surface area contributed by atoms with Gasteiger partial charge in [0.2, 0.25) is 0 Å². The van der Waals surface area contributed by atoms with Gasteiger partial charge in [-0.2, -0.15) is 0 Å². The van der Waals surface area contributed by atoms with Crippen LogP contribution in [-0.4, -0.2) is 36.4 Å². The van der Waals surface area contributed by atoms with Crippen LogP contribution in [0, 0.1) is 0 Å². The summed E-state index contributed by atoms with van der Waals surface area (Å²) < 4.78 is 10.6. The van der Waals surface area contributed by atoms with Gasteiger partial charge in [0.1, 0.15) is 6.61 Å². The van der Waals surface area contributed by atoms with Crippen LogP contribution in [-0.2, 0) is 19.1 Å². The van der Waals surface area contributed by atoms with Crippen molar-refractivity contribution in [3.63, 3.8) is 0 Å². The highest BCUT2D eigenvalue weighted by Crippen LogP contribution is 2.14. The largest absolute Gasteiger partial charge is 0.462 e. The minimum atomic E-state index is -0.774. The van der Waals surface area contributed by atoms with E-state index in [1.165, 1.54) is 103 Å². The van der Waals surface area contributed by atoms with Crippen LogP contribution >= 0.6 is 0 Å². The molecule has 0 fully saturated rings. The van der Waals surface area contributed by atoms with Crippen LogP contribution < -0.4 is 0 Å². The van der Waals surface area contributed by atoms with Crippen molar-refractivity contribution in [1.82, 2.24) is 0 Å². The smallest absolute Gasteiger partial charge is 0.306 e. The van der Waals surface area contributed by atoms with Crippen LogP contribution in [0.4, 0.5) is 0 Å². The van der Waals surface area contributed by atoms with Crippen molar-refractivity contribution in [3.8, 4) is 0 Å². The number of carbonyl (C=O) groups excluding carboxylic acids is 2. The van der Waals surface area contributed by atoms with Crippen LogP contribution in [0.15, 0.2) is 48.6 Å². The molecule has 0 aliphatic carbocycles. The normalized spacial score (nSPS) is 12.6. The van der Waals surface area contributed by atoms with Gasteiger partial charge in [-0.15, -0.1) is 0 Å². The van der Waals surface area contributed by atoms with E-state index in [1.807, 2.05) is 0 Å². The maximum Gasteiger partial charge on any atom is 0.306 e. The quantitative estimate of drug-likeness (QED) is 0.0400. The van der Waals surface area contributed by atoms with E-state index in [2.05, 4.69) is 62.5 Å². The Kier molecular flexibility index (Phi) is 38.5. The van der Waals surface area contributed by atoms with E-state index >= 15 is 0 Å². The van der Waals surface area contributed by atoms with Crippen molar-refractivity contribution in [2.75, 3.05) is 13.2 Å². The topological polar surface area (TPSA) is 72.8 Å². The van der Waals surface area contributed by atoms with Crippen LogP contribution in [0.1, 0.15) is 200 Å². The number of aliphatic hydroxyl groups is 1. The number of esters is 2. The van der Waals surface area contributed by atoms with Crippen LogP contribution in [0.5, 0.6) is 0 Å². The second-order valence-electron chi connectivity index (χ2n) is 13.7. The first kappa shape index (κ1) is 46.9. The molecule has 0 aromatic carbocycles. The number of carbonyl (C=O) groups is 2. The Morgan fingerprint density at radius 3 is 1.33 bits per heavy atom. The van der Waals surface area contributed by atoms with E-state index in [0.29, 0.717) is 12.8 Å². The maximum absolute atomic E-state index is 12.2. The molecule has 0 heterocycles. The first-order chi connectivity index (χ1) is 24.1. The summed E-state index contributed by atoms with van der Waals surface area (Å²) in [5, 5.41) is 9.56. The van der Waals surface area contributed by atoms with E-state index in [-0.39, 0.29) is 25.2 Å². The average molecular weight is 687 g/mol. The Hall–Kier alpha value is -2.14. The summed E-state index contributed by atoms with van der Waals surface area (Å²) in [5.41, 5.74) is 0. The summed E-state index contributed by atoms with van der Waals surface area (Å²) in [6.45, 7) is 4.02. The summed E-state index contributed by atoms with van der Waals surface area (Å²) in [6, 6.07) is 0.